The summed E-state index contributed by atoms with van der Waals surface area (Å²) in [5.41, 5.74) is 4.46. The van der Waals surface area contributed by atoms with E-state index in [1.165, 1.54) is 17.0 Å². The number of aryl methyl sites for hydroxylation is 2. The van der Waals surface area contributed by atoms with Gasteiger partial charge in [0.1, 0.15) is 5.69 Å². The summed E-state index contributed by atoms with van der Waals surface area (Å²) in [6, 6.07) is 2.14. The first-order valence-electron chi connectivity index (χ1n) is 9.08. The Bertz CT molecular complexity index is 767. The van der Waals surface area contributed by atoms with Gasteiger partial charge < -0.3 is 10.1 Å². The van der Waals surface area contributed by atoms with Crippen molar-refractivity contribution in [3.05, 3.63) is 34.0 Å². The first kappa shape index (κ1) is 17.6. The Morgan fingerprint density at radius 1 is 1.50 bits per heavy atom. The van der Waals surface area contributed by atoms with Crippen molar-refractivity contribution >= 4 is 17.2 Å². The minimum absolute atomic E-state index is 0.0288. The Balaban J connectivity index is 1.26. The minimum atomic E-state index is -0.0824. The molecule has 1 atom stereocenters. The molecule has 0 aliphatic carbocycles. The molecule has 2 aliphatic rings. The Morgan fingerprint density at radius 2 is 2.35 bits per heavy atom. The monoisotopic (exact) mass is 375 g/mol. The standard InChI is InChI=1S/C18H25N5O2S/c1-13-7-15(22(2)21-13)8-23-10-18(11-23)14(4-6-25-18)3-5-19-17(24)16-9-26-12-20-16/h7,9,12,14H,3-6,8,10-11H2,1-2H3,(H,19,24)/t14-/m0/s1. The van der Waals surface area contributed by atoms with Crippen molar-refractivity contribution in [3.8, 4) is 0 Å². The summed E-state index contributed by atoms with van der Waals surface area (Å²) in [6.45, 7) is 6.35. The third-order valence-electron chi connectivity index (χ3n) is 5.51. The Labute approximate surface area is 157 Å². The van der Waals surface area contributed by atoms with Crippen LogP contribution in [0.4, 0.5) is 0 Å². The number of thiazole rings is 1. The molecule has 140 valence electrons. The van der Waals surface area contributed by atoms with E-state index >= 15 is 0 Å². The Hall–Kier alpha value is -1.77. The number of rotatable bonds is 6. The summed E-state index contributed by atoms with van der Waals surface area (Å²) in [4.78, 5) is 18.5. The third-order valence-corrected chi connectivity index (χ3v) is 6.10. The van der Waals surface area contributed by atoms with Gasteiger partial charge in [0.2, 0.25) is 0 Å². The van der Waals surface area contributed by atoms with Gasteiger partial charge in [-0.1, -0.05) is 0 Å². The van der Waals surface area contributed by atoms with Crippen LogP contribution in [0.3, 0.4) is 0 Å². The number of ether oxygens (including phenoxy) is 1. The molecular weight excluding hydrogens is 350 g/mol. The summed E-state index contributed by atoms with van der Waals surface area (Å²) < 4.78 is 8.09. The molecule has 4 rings (SSSR count). The zero-order valence-corrected chi connectivity index (χ0v) is 16.1. The van der Waals surface area contributed by atoms with Crippen LogP contribution in [0.5, 0.6) is 0 Å². The average Bonchev–Trinajstić information content (AvgIpc) is 3.28. The van der Waals surface area contributed by atoms with Crippen LogP contribution in [0.2, 0.25) is 0 Å². The van der Waals surface area contributed by atoms with Crippen molar-refractivity contribution in [3.63, 3.8) is 0 Å². The summed E-state index contributed by atoms with van der Waals surface area (Å²) in [7, 11) is 2.00. The summed E-state index contributed by atoms with van der Waals surface area (Å²) >= 11 is 1.44. The fourth-order valence-corrected chi connectivity index (χ4v) is 4.71. The number of aromatic nitrogens is 3. The second kappa shape index (κ2) is 7.09. The number of nitrogens with zero attached hydrogens (tertiary/aromatic N) is 4. The predicted molar refractivity (Wildman–Crippen MR) is 99.1 cm³/mol. The quantitative estimate of drug-likeness (QED) is 0.830. The number of likely N-dealkylation sites (tertiary alicyclic amines) is 1. The van der Waals surface area contributed by atoms with Gasteiger partial charge in [0, 0.05) is 45.2 Å². The molecule has 1 spiro atoms. The van der Waals surface area contributed by atoms with Crippen molar-refractivity contribution in [1.82, 2.24) is 25.0 Å². The number of carbonyl (C=O) groups is 1. The molecule has 7 nitrogen and oxygen atoms in total. The maximum absolute atomic E-state index is 12.0. The number of nitrogens with one attached hydrogen (secondary N) is 1. The van der Waals surface area contributed by atoms with Crippen LogP contribution in [0.15, 0.2) is 17.0 Å². The van der Waals surface area contributed by atoms with Crippen molar-refractivity contribution < 1.29 is 9.53 Å². The van der Waals surface area contributed by atoms with E-state index in [0.717, 1.165) is 44.8 Å². The zero-order valence-electron chi connectivity index (χ0n) is 15.3. The van der Waals surface area contributed by atoms with E-state index in [4.69, 9.17) is 4.74 Å². The number of carbonyl (C=O) groups excluding carboxylic acids is 1. The van der Waals surface area contributed by atoms with E-state index in [1.807, 2.05) is 18.7 Å². The second-order valence-electron chi connectivity index (χ2n) is 7.36. The second-order valence-corrected chi connectivity index (χ2v) is 8.08. The van der Waals surface area contributed by atoms with Crippen LogP contribution in [0, 0.1) is 12.8 Å². The molecule has 2 aliphatic heterocycles. The average molecular weight is 375 g/mol. The van der Waals surface area contributed by atoms with Crippen LogP contribution < -0.4 is 5.32 Å². The van der Waals surface area contributed by atoms with Gasteiger partial charge in [-0.05, 0) is 31.7 Å². The van der Waals surface area contributed by atoms with Crippen molar-refractivity contribution in [2.45, 2.75) is 31.9 Å². The molecule has 26 heavy (non-hydrogen) atoms. The maximum Gasteiger partial charge on any atom is 0.270 e. The van der Waals surface area contributed by atoms with E-state index in [-0.39, 0.29) is 11.5 Å². The molecule has 0 aromatic carbocycles. The summed E-state index contributed by atoms with van der Waals surface area (Å²) in [6.07, 6.45) is 2.03. The molecule has 2 aromatic rings. The van der Waals surface area contributed by atoms with E-state index < -0.39 is 0 Å². The Kier molecular flexibility index (Phi) is 4.81. The summed E-state index contributed by atoms with van der Waals surface area (Å²) in [5, 5.41) is 9.18. The zero-order chi connectivity index (χ0) is 18.1. The van der Waals surface area contributed by atoms with Crippen molar-refractivity contribution in [1.29, 1.82) is 0 Å². The maximum atomic E-state index is 12.0. The first-order valence-corrected chi connectivity index (χ1v) is 10.0. The fraction of sp³-hybridized carbons (Fsp3) is 0.611. The van der Waals surface area contributed by atoms with Gasteiger partial charge in [0.15, 0.2) is 0 Å². The number of amides is 1. The molecule has 2 saturated heterocycles. The lowest BCUT2D eigenvalue weighted by molar-refractivity contribution is -0.137. The van der Waals surface area contributed by atoms with Gasteiger partial charge in [-0.25, -0.2) is 4.98 Å². The van der Waals surface area contributed by atoms with E-state index in [2.05, 4.69) is 26.4 Å². The first-order chi connectivity index (χ1) is 12.6. The molecule has 1 amide bonds. The van der Waals surface area contributed by atoms with Gasteiger partial charge in [-0.15, -0.1) is 11.3 Å². The van der Waals surface area contributed by atoms with Gasteiger partial charge in [0.05, 0.1) is 22.5 Å². The minimum Gasteiger partial charge on any atom is -0.372 e. The lowest BCUT2D eigenvalue weighted by Crippen LogP contribution is -2.64. The molecule has 1 N–H and O–H groups in total. The number of hydrogen-bond acceptors (Lipinski definition) is 6. The molecule has 0 bridgehead atoms. The lowest BCUT2D eigenvalue weighted by atomic mass is 9.79. The highest BCUT2D eigenvalue weighted by molar-refractivity contribution is 7.07. The van der Waals surface area contributed by atoms with Crippen LogP contribution >= 0.6 is 11.3 Å². The molecule has 2 fully saturated rings. The fourth-order valence-electron chi connectivity index (χ4n) is 4.18. The summed E-state index contributed by atoms with van der Waals surface area (Å²) in [5.74, 6) is 0.420. The van der Waals surface area contributed by atoms with Crippen molar-refractivity contribution in [2.75, 3.05) is 26.2 Å². The molecule has 0 saturated carbocycles. The molecule has 0 unspecified atom stereocenters. The lowest BCUT2D eigenvalue weighted by Gasteiger charge is -2.50. The van der Waals surface area contributed by atoms with Crippen LogP contribution in [-0.4, -0.2) is 57.4 Å². The van der Waals surface area contributed by atoms with Crippen molar-refractivity contribution in [2.24, 2.45) is 13.0 Å². The SMILES string of the molecule is Cc1cc(CN2CC3(C2)OCC[C@@H]3CCNC(=O)c2cscn2)n(C)n1. The van der Waals surface area contributed by atoms with Crippen LogP contribution in [0.25, 0.3) is 0 Å². The van der Waals surface area contributed by atoms with Gasteiger partial charge >= 0.3 is 0 Å². The van der Waals surface area contributed by atoms with Crippen LogP contribution in [0.1, 0.15) is 34.7 Å². The molecular formula is C18H25N5O2S. The van der Waals surface area contributed by atoms with Crippen LogP contribution in [-0.2, 0) is 18.3 Å². The highest BCUT2D eigenvalue weighted by atomic mass is 32.1. The van der Waals surface area contributed by atoms with Gasteiger partial charge in [0.25, 0.3) is 5.91 Å². The molecule has 2 aromatic heterocycles. The van der Waals surface area contributed by atoms with E-state index in [0.29, 0.717) is 18.2 Å². The highest BCUT2D eigenvalue weighted by Crippen LogP contribution is 2.42. The highest BCUT2D eigenvalue weighted by Gasteiger charge is 2.52. The van der Waals surface area contributed by atoms with Gasteiger partial charge in [-0.2, -0.15) is 5.10 Å². The Morgan fingerprint density at radius 3 is 3.04 bits per heavy atom. The largest absolute Gasteiger partial charge is 0.372 e. The van der Waals surface area contributed by atoms with E-state index in [9.17, 15) is 4.79 Å². The topological polar surface area (TPSA) is 72.3 Å². The normalized spacial score (nSPS) is 21.8. The predicted octanol–water partition coefficient (Wildman–Crippen LogP) is 1.60. The van der Waals surface area contributed by atoms with E-state index in [1.54, 1.807) is 10.9 Å². The third kappa shape index (κ3) is 3.41. The molecule has 8 heteroatoms. The van der Waals surface area contributed by atoms with Gasteiger partial charge in [-0.3, -0.25) is 14.4 Å². The number of hydrogen-bond donors (Lipinski definition) is 1. The molecule has 0 radical (unpaired) electrons. The smallest absolute Gasteiger partial charge is 0.270 e. The molecule has 4 heterocycles.